The molecule has 3 atom stereocenters. The average Bonchev–Trinajstić information content (AvgIpc) is 3.54. The summed E-state index contributed by atoms with van der Waals surface area (Å²) in [5.41, 5.74) is 2.12. The Bertz CT molecular complexity index is 1650. The van der Waals surface area contributed by atoms with Crippen molar-refractivity contribution in [2.75, 3.05) is 10.6 Å². The van der Waals surface area contributed by atoms with Crippen LogP contribution in [0.4, 0.5) is 26.5 Å². The average molecular weight is 614 g/mol. The highest BCUT2D eigenvalue weighted by Gasteiger charge is 2.37. The van der Waals surface area contributed by atoms with Crippen LogP contribution in [0, 0.1) is 24.1 Å². The van der Waals surface area contributed by atoms with Crippen molar-refractivity contribution in [1.82, 2.24) is 30.3 Å². The normalized spacial score (nSPS) is 18.1. The molecule has 45 heavy (non-hydrogen) atoms. The fourth-order valence-electron chi connectivity index (χ4n) is 5.14. The molecule has 12 nitrogen and oxygen atoms in total. The molecule has 1 saturated carbocycles. The number of alkyl carbamates (subject to hydrolysis) is 1. The number of pyridine rings is 2. The number of carbonyl (C=O) groups excluding carboxylic acids is 1. The Morgan fingerprint density at radius 3 is 2.60 bits per heavy atom. The van der Waals surface area contributed by atoms with Gasteiger partial charge in [0, 0.05) is 0 Å². The number of aryl methyl sites for hydroxylation is 1. The number of hydrogen-bond acceptors (Lipinski definition) is 10. The summed E-state index contributed by atoms with van der Waals surface area (Å²) in [7, 11) is 0. The highest BCUT2D eigenvalue weighted by atomic mass is 19.1. The van der Waals surface area contributed by atoms with Crippen LogP contribution in [-0.4, -0.2) is 54.8 Å². The number of nitrogens with one attached hydrogen (secondary N) is 3. The van der Waals surface area contributed by atoms with Crippen molar-refractivity contribution in [2.45, 2.75) is 77.4 Å². The van der Waals surface area contributed by atoms with Crippen LogP contribution in [0.15, 0.2) is 61.1 Å². The van der Waals surface area contributed by atoms with Crippen LogP contribution in [0.1, 0.15) is 56.9 Å². The van der Waals surface area contributed by atoms with Crippen molar-refractivity contribution in [3.8, 4) is 11.8 Å². The zero-order chi connectivity index (χ0) is 32.0. The lowest BCUT2D eigenvalue weighted by molar-refractivity contribution is -0.0146. The van der Waals surface area contributed by atoms with E-state index in [1.165, 1.54) is 4.80 Å². The first-order valence-corrected chi connectivity index (χ1v) is 14.7. The highest BCUT2D eigenvalue weighted by Crippen LogP contribution is 2.29. The number of rotatable bonds is 9. The fourth-order valence-corrected chi connectivity index (χ4v) is 5.14. The van der Waals surface area contributed by atoms with E-state index in [4.69, 9.17) is 9.47 Å². The van der Waals surface area contributed by atoms with E-state index < -0.39 is 29.6 Å². The molecule has 5 rings (SSSR count). The first-order chi connectivity index (χ1) is 21.6. The number of nitriles is 1. The number of hydrogen-bond donors (Lipinski definition) is 3. The van der Waals surface area contributed by atoms with E-state index in [9.17, 15) is 10.1 Å². The molecule has 3 heterocycles. The molecule has 3 unspecified atom stereocenters. The molecule has 1 aromatic carbocycles. The zero-order valence-corrected chi connectivity index (χ0v) is 25.6. The van der Waals surface area contributed by atoms with Gasteiger partial charge in [0.15, 0.2) is 17.5 Å². The van der Waals surface area contributed by atoms with Gasteiger partial charge in [-0.1, -0.05) is 30.3 Å². The van der Waals surface area contributed by atoms with Crippen molar-refractivity contribution < 1.29 is 18.7 Å². The second-order valence-corrected chi connectivity index (χ2v) is 11.8. The van der Waals surface area contributed by atoms with E-state index in [2.05, 4.69) is 36.1 Å². The summed E-state index contributed by atoms with van der Waals surface area (Å²) in [5, 5.41) is 27.3. The van der Waals surface area contributed by atoms with Gasteiger partial charge >= 0.3 is 6.09 Å². The number of amides is 1. The van der Waals surface area contributed by atoms with E-state index in [0.717, 1.165) is 18.1 Å². The predicted molar refractivity (Wildman–Crippen MR) is 166 cm³/mol. The zero-order valence-electron chi connectivity index (χ0n) is 25.6. The number of aromatic nitrogens is 5. The minimum absolute atomic E-state index is 0.00790. The van der Waals surface area contributed by atoms with Crippen molar-refractivity contribution in [1.29, 1.82) is 5.26 Å². The van der Waals surface area contributed by atoms with Gasteiger partial charge in [-0.15, -0.1) is 4.80 Å². The highest BCUT2D eigenvalue weighted by molar-refractivity contribution is 5.69. The van der Waals surface area contributed by atoms with Gasteiger partial charge in [-0.2, -0.15) is 15.5 Å². The first kappa shape index (κ1) is 31.3. The summed E-state index contributed by atoms with van der Waals surface area (Å²) in [6.45, 7) is 7.53. The van der Waals surface area contributed by atoms with Crippen molar-refractivity contribution >= 4 is 23.4 Å². The molecular weight excluding hydrogens is 577 g/mol. The molecule has 4 aromatic rings. The van der Waals surface area contributed by atoms with Crippen LogP contribution < -0.4 is 16.0 Å². The monoisotopic (exact) mass is 613 g/mol. The molecule has 3 aromatic heterocycles. The van der Waals surface area contributed by atoms with Gasteiger partial charge in [-0.3, -0.25) is 4.98 Å². The molecular formula is C32H36FN9O3. The van der Waals surface area contributed by atoms with Crippen molar-refractivity contribution in [3.63, 3.8) is 0 Å². The summed E-state index contributed by atoms with van der Waals surface area (Å²) in [5.74, 6) is -0.644. The quantitative estimate of drug-likeness (QED) is 0.219. The molecule has 1 aliphatic carbocycles. The number of halogens is 1. The van der Waals surface area contributed by atoms with E-state index in [0.29, 0.717) is 36.5 Å². The first-order valence-electron chi connectivity index (χ1n) is 14.7. The third kappa shape index (κ3) is 8.10. The topological polar surface area (TPSA) is 152 Å². The van der Waals surface area contributed by atoms with Gasteiger partial charge in [0.2, 0.25) is 0 Å². The number of anilines is 3. The largest absolute Gasteiger partial charge is 0.444 e. The van der Waals surface area contributed by atoms with E-state index in [1.807, 2.05) is 43.3 Å². The Morgan fingerprint density at radius 2 is 1.89 bits per heavy atom. The molecule has 0 aliphatic heterocycles. The Morgan fingerprint density at radius 1 is 1.13 bits per heavy atom. The minimum Gasteiger partial charge on any atom is -0.444 e. The van der Waals surface area contributed by atoms with Crippen LogP contribution in [-0.2, 0) is 16.1 Å². The van der Waals surface area contributed by atoms with Crippen LogP contribution in [0.3, 0.4) is 0 Å². The van der Waals surface area contributed by atoms with Crippen molar-refractivity contribution in [3.05, 3.63) is 83.7 Å². The molecule has 3 N–H and O–H groups in total. The smallest absolute Gasteiger partial charge is 0.408 e. The SMILES string of the molecule is Cc1ncc(Nc2nc(NC3CCCC(OCc4ccccc4)C3NC(=O)OC(C)(C)C)c(F)cc2C#N)cc1-n1nccn1. The third-order valence-electron chi connectivity index (χ3n) is 7.20. The van der Waals surface area contributed by atoms with Crippen LogP contribution >= 0.6 is 0 Å². The fraction of sp³-hybridized carbons (Fsp3) is 0.375. The number of benzene rings is 1. The number of nitrogens with zero attached hydrogens (tertiary/aromatic N) is 6. The lowest BCUT2D eigenvalue weighted by Crippen LogP contribution is -2.57. The second-order valence-electron chi connectivity index (χ2n) is 11.8. The molecule has 1 amide bonds. The Kier molecular flexibility index (Phi) is 9.53. The van der Waals surface area contributed by atoms with Gasteiger partial charge in [-0.05, 0) is 64.7 Å². The number of carbonyl (C=O) groups is 1. The van der Waals surface area contributed by atoms with Crippen LogP contribution in [0.25, 0.3) is 5.69 Å². The molecule has 0 saturated heterocycles. The molecule has 234 valence electrons. The Labute approximate surface area is 261 Å². The standard InChI is InChI=1S/C32H36FN9O3/c1-20-26(42-36-13-14-37-42)16-23(18-35-20)38-29-22(17-34)15-24(33)30(41-29)39-25-11-8-12-27(44-19-21-9-6-5-7-10-21)28(25)40-31(43)45-32(2,3)4/h5-7,9-10,13-16,18,25,27-28H,8,11-12,19H2,1-4H3,(H,40,43)(H2,38,39,41). The molecule has 1 fully saturated rings. The van der Waals surface area contributed by atoms with Crippen LogP contribution in [0.5, 0.6) is 0 Å². The Hall–Kier alpha value is -5.09. The van der Waals surface area contributed by atoms with Gasteiger partial charge in [0.05, 0.1) is 60.3 Å². The molecule has 0 radical (unpaired) electrons. The van der Waals surface area contributed by atoms with Gasteiger partial charge < -0.3 is 25.4 Å². The summed E-state index contributed by atoms with van der Waals surface area (Å²) in [6.07, 6.45) is 5.79. The summed E-state index contributed by atoms with van der Waals surface area (Å²) in [6, 6.07) is 13.6. The van der Waals surface area contributed by atoms with E-state index >= 15 is 4.39 Å². The van der Waals surface area contributed by atoms with Crippen molar-refractivity contribution in [2.24, 2.45) is 0 Å². The maximum atomic E-state index is 15.4. The molecule has 0 spiro atoms. The van der Waals surface area contributed by atoms with Crippen LogP contribution in [0.2, 0.25) is 0 Å². The summed E-state index contributed by atoms with van der Waals surface area (Å²) >= 11 is 0. The van der Waals surface area contributed by atoms with E-state index in [-0.39, 0.29) is 23.3 Å². The second kappa shape index (κ2) is 13.7. The third-order valence-corrected chi connectivity index (χ3v) is 7.20. The predicted octanol–water partition coefficient (Wildman–Crippen LogP) is 5.56. The van der Waals surface area contributed by atoms with Gasteiger partial charge in [0.25, 0.3) is 0 Å². The molecule has 0 bridgehead atoms. The Balaban J connectivity index is 1.40. The summed E-state index contributed by atoms with van der Waals surface area (Å²) < 4.78 is 27.3. The number of ether oxygens (including phenoxy) is 2. The molecule has 13 heteroatoms. The minimum atomic E-state index is -0.707. The maximum absolute atomic E-state index is 15.4. The molecule has 1 aliphatic rings. The van der Waals surface area contributed by atoms with Gasteiger partial charge in [0.1, 0.15) is 17.4 Å². The lowest BCUT2D eigenvalue weighted by Gasteiger charge is -2.39. The lowest BCUT2D eigenvalue weighted by atomic mass is 9.87. The van der Waals surface area contributed by atoms with E-state index in [1.54, 1.807) is 45.4 Å². The van der Waals surface area contributed by atoms with Gasteiger partial charge in [-0.25, -0.2) is 14.2 Å². The maximum Gasteiger partial charge on any atom is 0.408 e. The summed E-state index contributed by atoms with van der Waals surface area (Å²) in [4.78, 5) is 23.2.